The zero-order chi connectivity index (χ0) is 13.1. The minimum Gasteiger partial charge on any atom is -0.392 e. The summed E-state index contributed by atoms with van der Waals surface area (Å²) in [6.45, 7) is 4.26. The van der Waals surface area contributed by atoms with E-state index >= 15 is 0 Å². The summed E-state index contributed by atoms with van der Waals surface area (Å²) < 4.78 is 0. The molecule has 2 heterocycles. The molecule has 1 fully saturated rings. The Morgan fingerprint density at radius 2 is 2.22 bits per heavy atom. The van der Waals surface area contributed by atoms with Crippen LogP contribution in [0.1, 0.15) is 24.6 Å². The lowest BCUT2D eigenvalue weighted by molar-refractivity contribution is 0.281. The van der Waals surface area contributed by atoms with E-state index in [1.54, 1.807) is 0 Å². The molecule has 0 spiro atoms. The highest BCUT2D eigenvalue weighted by Gasteiger charge is 2.25. The molecular weight excluding hydrogens is 226 g/mol. The Morgan fingerprint density at radius 3 is 2.78 bits per heavy atom. The van der Waals surface area contributed by atoms with Crippen LogP contribution in [0, 0.1) is 0 Å². The average Bonchev–Trinajstić information content (AvgIpc) is 2.87. The molecule has 1 aromatic rings. The van der Waals surface area contributed by atoms with Crippen molar-refractivity contribution in [3.8, 4) is 0 Å². The fourth-order valence-electron chi connectivity index (χ4n) is 2.44. The molecule has 1 aliphatic rings. The lowest BCUT2D eigenvalue weighted by atomic mass is 10.2. The van der Waals surface area contributed by atoms with Crippen molar-refractivity contribution in [3.05, 3.63) is 23.4 Å². The molecule has 4 heteroatoms. The van der Waals surface area contributed by atoms with E-state index in [2.05, 4.69) is 35.8 Å². The maximum absolute atomic E-state index is 9.31. The van der Waals surface area contributed by atoms with Gasteiger partial charge in [0.05, 0.1) is 6.61 Å². The van der Waals surface area contributed by atoms with Crippen molar-refractivity contribution in [2.75, 3.05) is 32.1 Å². The van der Waals surface area contributed by atoms with Gasteiger partial charge in [0, 0.05) is 24.8 Å². The Balaban J connectivity index is 2.18. The molecule has 1 atom stereocenters. The SMILES string of the molecule is CCc1cc(CO)cc(N2CCC(N(C)C)C2)n1. The van der Waals surface area contributed by atoms with Crippen LogP contribution < -0.4 is 4.90 Å². The van der Waals surface area contributed by atoms with Crippen LogP contribution in [0.15, 0.2) is 12.1 Å². The normalized spacial score (nSPS) is 19.8. The first-order chi connectivity index (χ1) is 8.63. The summed E-state index contributed by atoms with van der Waals surface area (Å²) in [5, 5.41) is 9.31. The molecule has 4 nitrogen and oxygen atoms in total. The third-order valence-electron chi connectivity index (χ3n) is 3.69. The number of aliphatic hydroxyl groups excluding tert-OH is 1. The highest BCUT2D eigenvalue weighted by Crippen LogP contribution is 2.22. The molecule has 0 bridgehead atoms. The van der Waals surface area contributed by atoms with Crippen molar-refractivity contribution in [2.24, 2.45) is 0 Å². The van der Waals surface area contributed by atoms with E-state index in [1.807, 2.05) is 12.1 Å². The molecule has 1 aromatic heterocycles. The van der Waals surface area contributed by atoms with E-state index in [-0.39, 0.29) is 6.61 Å². The number of likely N-dealkylation sites (N-methyl/N-ethyl adjacent to an activating group) is 1. The van der Waals surface area contributed by atoms with Crippen LogP contribution in [0.3, 0.4) is 0 Å². The molecule has 1 unspecified atom stereocenters. The number of aliphatic hydroxyl groups is 1. The second-order valence-electron chi connectivity index (χ2n) is 5.19. The van der Waals surface area contributed by atoms with Crippen molar-refractivity contribution in [3.63, 3.8) is 0 Å². The van der Waals surface area contributed by atoms with Crippen LogP contribution in [0.5, 0.6) is 0 Å². The predicted molar refractivity (Wildman–Crippen MR) is 73.8 cm³/mol. The Labute approximate surface area is 109 Å². The summed E-state index contributed by atoms with van der Waals surface area (Å²) in [7, 11) is 4.26. The number of pyridine rings is 1. The van der Waals surface area contributed by atoms with E-state index < -0.39 is 0 Å². The zero-order valence-corrected chi connectivity index (χ0v) is 11.6. The molecule has 1 saturated heterocycles. The van der Waals surface area contributed by atoms with Crippen LogP contribution in [-0.2, 0) is 13.0 Å². The lowest BCUT2D eigenvalue weighted by Gasteiger charge is -2.22. The number of nitrogens with zero attached hydrogens (tertiary/aromatic N) is 3. The molecule has 1 aliphatic heterocycles. The van der Waals surface area contributed by atoms with E-state index in [9.17, 15) is 5.11 Å². The number of hydrogen-bond acceptors (Lipinski definition) is 4. The second-order valence-corrected chi connectivity index (χ2v) is 5.19. The molecule has 2 rings (SSSR count). The summed E-state index contributed by atoms with van der Waals surface area (Å²) in [4.78, 5) is 9.27. The van der Waals surface area contributed by atoms with Crippen LogP contribution in [-0.4, -0.2) is 48.2 Å². The number of anilines is 1. The van der Waals surface area contributed by atoms with Gasteiger partial charge in [-0.3, -0.25) is 0 Å². The van der Waals surface area contributed by atoms with Crippen molar-refractivity contribution in [1.29, 1.82) is 0 Å². The number of hydrogen-bond donors (Lipinski definition) is 1. The van der Waals surface area contributed by atoms with Gasteiger partial charge in [0.2, 0.25) is 0 Å². The maximum Gasteiger partial charge on any atom is 0.129 e. The zero-order valence-electron chi connectivity index (χ0n) is 11.6. The quantitative estimate of drug-likeness (QED) is 0.872. The smallest absolute Gasteiger partial charge is 0.129 e. The van der Waals surface area contributed by atoms with Gasteiger partial charge in [0.25, 0.3) is 0 Å². The van der Waals surface area contributed by atoms with Crippen LogP contribution in [0.4, 0.5) is 5.82 Å². The fourth-order valence-corrected chi connectivity index (χ4v) is 2.44. The van der Waals surface area contributed by atoms with Gasteiger partial charge in [-0.2, -0.15) is 0 Å². The highest BCUT2D eigenvalue weighted by molar-refractivity contribution is 5.44. The molecular formula is C14H23N3O. The molecule has 1 N–H and O–H groups in total. The monoisotopic (exact) mass is 249 g/mol. The Kier molecular flexibility index (Phi) is 4.19. The van der Waals surface area contributed by atoms with Gasteiger partial charge in [0.15, 0.2) is 0 Å². The molecule has 18 heavy (non-hydrogen) atoms. The number of aromatic nitrogens is 1. The standard InChI is InChI=1S/C14H23N3O/c1-4-12-7-11(10-18)8-14(15-12)17-6-5-13(9-17)16(2)3/h7-8,13,18H,4-6,9-10H2,1-3H3. The average molecular weight is 249 g/mol. The van der Waals surface area contributed by atoms with Gasteiger partial charge in [-0.05, 0) is 44.6 Å². The van der Waals surface area contributed by atoms with Crippen LogP contribution >= 0.6 is 0 Å². The van der Waals surface area contributed by atoms with Crippen molar-refractivity contribution >= 4 is 5.82 Å². The van der Waals surface area contributed by atoms with Crippen LogP contribution in [0.25, 0.3) is 0 Å². The third-order valence-corrected chi connectivity index (χ3v) is 3.69. The minimum atomic E-state index is 0.0907. The molecule has 100 valence electrons. The summed E-state index contributed by atoms with van der Waals surface area (Å²) in [5.74, 6) is 1.02. The lowest BCUT2D eigenvalue weighted by Crippen LogP contribution is -2.31. The van der Waals surface area contributed by atoms with Crippen molar-refractivity contribution < 1.29 is 5.11 Å². The van der Waals surface area contributed by atoms with E-state index in [0.717, 1.165) is 36.6 Å². The highest BCUT2D eigenvalue weighted by atomic mass is 16.3. The largest absolute Gasteiger partial charge is 0.392 e. The van der Waals surface area contributed by atoms with Gasteiger partial charge in [0.1, 0.15) is 5.82 Å². The number of aryl methyl sites for hydroxylation is 1. The van der Waals surface area contributed by atoms with E-state index in [4.69, 9.17) is 0 Å². The van der Waals surface area contributed by atoms with E-state index in [1.165, 1.54) is 6.42 Å². The predicted octanol–water partition coefficient (Wildman–Crippen LogP) is 1.28. The Bertz CT molecular complexity index is 384. The number of rotatable bonds is 4. The van der Waals surface area contributed by atoms with Gasteiger partial charge in [-0.25, -0.2) is 4.98 Å². The van der Waals surface area contributed by atoms with Gasteiger partial charge >= 0.3 is 0 Å². The maximum atomic E-state index is 9.31. The first-order valence-corrected chi connectivity index (χ1v) is 6.66. The third kappa shape index (κ3) is 2.82. The van der Waals surface area contributed by atoms with Crippen molar-refractivity contribution in [2.45, 2.75) is 32.4 Å². The van der Waals surface area contributed by atoms with Gasteiger partial charge in [-0.1, -0.05) is 6.92 Å². The Morgan fingerprint density at radius 1 is 1.44 bits per heavy atom. The molecule has 0 amide bonds. The molecule has 0 saturated carbocycles. The molecule has 0 radical (unpaired) electrons. The molecule has 0 aliphatic carbocycles. The first kappa shape index (κ1) is 13.3. The van der Waals surface area contributed by atoms with Crippen molar-refractivity contribution in [1.82, 2.24) is 9.88 Å². The summed E-state index contributed by atoms with van der Waals surface area (Å²) in [5.41, 5.74) is 2.02. The van der Waals surface area contributed by atoms with Gasteiger partial charge in [-0.15, -0.1) is 0 Å². The Hall–Kier alpha value is -1.13. The summed E-state index contributed by atoms with van der Waals surface area (Å²) >= 11 is 0. The fraction of sp³-hybridized carbons (Fsp3) is 0.643. The molecule has 0 aromatic carbocycles. The minimum absolute atomic E-state index is 0.0907. The summed E-state index contributed by atoms with van der Waals surface area (Å²) in [6.07, 6.45) is 2.09. The van der Waals surface area contributed by atoms with Crippen LogP contribution in [0.2, 0.25) is 0 Å². The van der Waals surface area contributed by atoms with Gasteiger partial charge < -0.3 is 14.9 Å². The second kappa shape index (κ2) is 5.67. The topological polar surface area (TPSA) is 39.6 Å². The summed E-state index contributed by atoms with van der Waals surface area (Å²) in [6, 6.07) is 4.61. The first-order valence-electron chi connectivity index (χ1n) is 6.66. The van der Waals surface area contributed by atoms with E-state index in [0.29, 0.717) is 6.04 Å².